The second-order valence-corrected chi connectivity index (χ2v) is 6.83. The lowest BCUT2D eigenvalue weighted by atomic mass is 10.2. The van der Waals surface area contributed by atoms with Crippen LogP contribution in [0.15, 0.2) is 47.6 Å². The average Bonchev–Trinajstić information content (AvgIpc) is 3.12. The predicted molar refractivity (Wildman–Crippen MR) is 111 cm³/mol. The highest BCUT2D eigenvalue weighted by Crippen LogP contribution is 2.29. The molecule has 0 radical (unpaired) electrons. The summed E-state index contributed by atoms with van der Waals surface area (Å²) in [5.74, 6) is 7.03. The van der Waals surface area contributed by atoms with Crippen LogP contribution in [0.4, 0.5) is 11.4 Å². The highest BCUT2D eigenvalue weighted by Gasteiger charge is 2.16. The highest BCUT2D eigenvalue weighted by atomic mass is 32.2. The third kappa shape index (κ3) is 4.60. The van der Waals surface area contributed by atoms with Crippen molar-refractivity contribution >= 4 is 29.0 Å². The second-order valence-electron chi connectivity index (χ2n) is 5.88. The van der Waals surface area contributed by atoms with Crippen molar-refractivity contribution < 1.29 is 19.2 Å². The molecule has 11 nitrogen and oxygen atoms in total. The lowest BCUT2D eigenvalue weighted by Crippen LogP contribution is -2.17. The maximum Gasteiger partial charge on any atom is 0.273 e. The first kappa shape index (κ1) is 20.9. The Labute approximate surface area is 175 Å². The number of nitro benzene ring substituents is 1. The number of carbonyl (C=O) groups excluding carboxylic acids is 1. The number of nitrogens with one attached hydrogen (secondary N) is 1. The van der Waals surface area contributed by atoms with Crippen LogP contribution < -0.4 is 20.6 Å². The third-order valence-corrected chi connectivity index (χ3v) is 4.96. The molecular weight excluding hydrogens is 412 g/mol. The normalized spacial score (nSPS) is 10.5. The van der Waals surface area contributed by atoms with Crippen molar-refractivity contribution in [3.63, 3.8) is 0 Å². The van der Waals surface area contributed by atoms with Crippen molar-refractivity contribution in [2.24, 2.45) is 0 Å². The Bertz CT molecular complexity index is 1070. The van der Waals surface area contributed by atoms with E-state index in [2.05, 4.69) is 15.5 Å². The van der Waals surface area contributed by atoms with E-state index in [4.69, 9.17) is 15.3 Å². The largest absolute Gasteiger partial charge is 0.497 e. The number of methoxy groups -OCH3 is 2. The molecule has 0 saturated heterocycles. The van der Waals surface area contributed by atoms with Crippen molar-refractivity contribution in [2.45, 2.75) is 5.16 Å². The van der Waals surface area contributed by atoms with Gasteiger partial charge in [-0.3, -0.25) is 14.9 Å². The molecule has 3 rings (SSSR count). The lowest BCUT2D eigenvalue weighted by molar-refractivity contribution is -0.384. The Kier molecular flexibility index (Phi) is 6.37. The predicted octanol–water partition coefficient (Wildman–Crippen LogP) is 2.32. The van der Waals surface area contributed by atoms with Gasteiger partial charge < -0.3 is 20.6 Å². The van der Waals surface area contributed by atoms with Gasteiger partial charge in [0.15, 0.2) is 5.82 Å². The van der Waals surface area contributed by atoms with Crippen molar-refractivity contribution in [1.82, 2.24) is 14.9 Å². The Morgan fingerprint density at radius 2 is 1.93 bits per heavy atom. The molecule has 2 aromatic carbocycles. The smallest absolute Gasteiger partial charge is 0.273 e. The first-order valence-corrected chi connectivity index (χ1v) is 9.51. The summed E-state index contributed by atoms with van der Waals surface area (Å²) >= 11 is 1.10. The minimum atomic E-state index is -0.543. The molecule has 30 heavy (non-hydrogen) atoms. The van der Waals surface area contributed by atoms with E-state index in [0.29, 0.717) is 22.4 Å². The van der Waals surface area contributed by atoms with E-state index in [0.717, 1.165) is 17.3 Å². The number of aromatic nitrogens is 3. The summed E-state index contributed by atoms with van der Waals surface area (Å²) in [6.07, 6.45) is 0. The van der Waals surface area contributed by atoms with E-state index in [-0.39, 0.29) is 23.1 Å². The van der Waals surface area contributed by atoms with Gasteiger partial charge in [0.2, 0.25) is 11.1 Å². The Morgan fingerprint density at radius 1 is 1.20 bits per heavy atom. The Hall–Kier alpha value is -3.80. The van der Waals surface area contributed by atoms with Gasteiger partial charge in [0.05, 0.1) is 36.6 Å². The Balaban J connectivity index is 1.65. The maximum atomic E-state index is 12.3. The highest BCUT2D eigenvalue weighted by molar-refractivity contribution is 7.99. The van der Waals surface area contributed by atoms with Gasteiger partial charge in [-0.15, -0.1) is 10.2 Å². The summed E-state index contributed by atoms with van der Waals surface area (Å²) in [7, 11) is 2.94. The first-order valence-electron chi connectivity index (χ1n) is 8.53. The number of carbonyl (C=O) groups is 1. The number of hydrogen-bond acceptors (Lipinski definition) is 9. The van der Waals surface area contributed by atoms with Gasteiger partial charge in [-0.2, -0.15) is 0 Å². The third-order valence-electron chi connectivity index (χ3n) is 4.02. The minimum Gasteiger partial charge on any atom is -0.497 e. The molecule has 0 aliphatic rings. The molecule has 0 spiro atoms. The molecule has 0 unspecified atom stereocenters. The van der Waals surface area contributed by atoms with Gasteiger partial charge in [0.25, 0.3) is 5.69 Å². The summed E-state index contributed by atoms with van der Waals surface area (Å²) in [5.41, 5.74) is 0.932. The molecule has 0 atom stereocenters. The van der Waals surface area contributed by atoms with Gasteiger partial charge >= 0.3 is 0 Å². The molecule has 12 heteroatoms. The summed E-state index contributed by atoms with van der Waals surface area (Å²) in [6, 6.07) is 11.1. The molecule has 156 valence electrons. The zero-order valence-corrected chi connectivity index (χ0v) is 16.9. The van der Waals surface area contributed by atoms with Crippen LogP contribution in [-0.2, 0) is 4.79 Å². The fourth-order valence-corrected chi connectivity index (χ4v) is 3.18. The van der Waals surface area contributed by atoms with Gasteiger partial charge in [-0.05, 0) is 30.3 Å². The number of non-ortho nitro benzene ring substituents is 1. The molecule has 0 fully saturated rings. The molecular formula is C18H18N6O5S. The number of nitrogen functional groups attached to an aromatic ring is 1. The van der Waals surface area contributed by atoms with Crippen LogP contribution in [0.25, 0.3) is 11.4 Å². The fraction of sp³-hybridized carbons (Fsp3) is 0.167. The van der Waals surface area contributed by atoms with Crippen LogP contribution >= 0.6 is 11.8 Å². The topological polar surface area (TPSA) is 147 Å². The molecule has 3 aromatic rings. The van der Waals surface area contributed by atoms with Crippen molar-refractivity contribution in [1.29, 1.82) is 0 Å². The number of benzene rings is 2. The standard InChI is InChI=1S/C18H18N6O5S/c1-28-13-6-3-11(4-7-13)17-21-22-18(23(17)19)30-10-16(25)20-14-8-5-12(24(26)27)9-15(14)29-2/h3-9H,10,19H2,1-2H3,(H,20,25). The zero-order chi connectivity index (χ0) is 21.7. The lowest BCUT2D eigenvalue weighted by Gasteiger charge is -2.09. The van der Waals surface area contributed by atoms with Crippen LogP contribution in [0.5, 0.6) is 11.5 Å². The van der Waals surface area contributed by atoms with E-state index >= 15 is 0 Å². The number of nitrogens with two attached hydrogens (primary N) is 1. The number of nitrogens with zero attached hydrogens (tertiary/aromatic N) is 4. The van der Waals surface area contributed by atoms with E-state index in [9.17, 15) is 14.9 Å². The quantitative estimate of drug-likeness (QED) is 0.238. The van der Waals surface area contributed by atoms with Crippen molar-refractivity contribution in [3.05, 3.63) is 52.6 Å². The minimum absolute atomic E-state index is 0.00190. The summed E-state index contributed by atoms with van der Waals surface area (Å²) < 4.78 is 11.5. The molecule has 1 amide bonds. The van der Waals surface area contributed by atoms with Gasteiger partial charge in [-0.25, -0.2) is 4.68 Å². The van der Waals surface area contributed by atoms with E-state index in [1.807, 2.05) is 0 Å². The number of thioether (sulfide) groups is 1. The van der Waals surface area contributed by atoms with Crippen LogP contribution in [0.3, 0.4) is 0 Å². The fourth-order valence-electron chi connectivity index (χ4n) is 2.53. The molecule has 1 aromatic heterocycles. The maximum absolute atomic E-state index is 12.3. The molecule has 0 bridgehead atoms. The number of rotatable bonds is 8. The number of amides is 1. The van der Waals surface area contributed by atoms with Crippen LogP contribution in [0.2, 0.25) is 0 Å². The van der Waals surface area contributed by atoms with Gasteiger partial charge in [0.1, 0.15) is 11.5 Å². The van der Waals surface area contributed by atoms with Crippen molar-refractivity contribution in [2.75, 3.05) is 31.1 Å². The summed E-state index contributed by atoms with van der Waals surface area (Å²) in [4.78, 5) is 22.6. The van der Waals surface area contributed by atoms with E-state index in [1.165, 1.54) is 30.0 Å². The van der Waals surface area contributed by atoms with E-state index < -0.39 is 4.92 Å². The molecule has 0 aliphatic carbocycles. The molecule has 0 saturated carbocycles. The summed E-state index contributed by atoms with van der Waals surface area (Å²) in [6.45, 7) is 0. The number of nitro groups is 1. The molecule has 0 aliphatic heterocycles. The number of ether oxygens (including phenoxy) is 2. The van der Waals surface area contributed by atoms with Gasteiger partial charge in [-0.1, -0.05) is 11.8 Å². The zero-order valence-electron chi connectivity index (χ0n) is 16.1. The average molecular weight is 430 g/mol. The molecule has 1 heterocycles. The Morgan fingerprint density at radius 3 is 2.57 bits per heavy atom. The monoisotopic (exact) mass is 430 g/mol. The van der Waals surface area contributed by atoms with Crippen LogP contribution in [-0.4, -0.2) is 45.7 Å². The van der Waals surface area contributed by atoms with Gasteiger partial charge in [0, 0.05) is 11.6 Å². The molecule has 3 N–H and O–H groups in total. The van der Waals surface area contributed by atoms with Crippen LogP contribution in [0, 0.1) is 10.1 Å². The summed E-state index contributed by atoms with van der Waals surface area (Å²) in [5, 5.41) is 21.9. The SMILES string of the molecule is COc1ccc(-c2nnc(SCC(=O)Nc3ccc([N+](=O)[O-])cc3OC)n2N)cc1. The number of anilines is 1. The van der Waals surface area contributed by atoms with Crippen LogP contribution in [0.1, 0.15) is 0 Å². The van der Waals surface area contributed by atoms with E-state index in [1.54, 1.807) is 31.4 Å². The first-order chi connectivity index (χ1) is 14.4. The number of hydrogen-bond donors (Lipinski definition) is 2. The second kappa shape index (κ2) is 9.13. The van der Waals surface area contributed by atoms with Crippen molar-refractivity contribution in [3.8, 4) is 22.9 Å².